The molecule has 5 rings (SSSR count). The molecule has 2 aromatic carbocycles. The topological polar surface area (TPSA) is 115 Å². The summed E-state index contributed by atoms with van der Waals surface area (Å²) in [7, 11) is -2.39. The van der Waals surface area contributed by atoms with Gasteiger partial charge in [0.15, 0.2) is 0 Å². The van der Waals surface area contributed by atoms with Crippen LogP contribution in [0.3, 0.4) is 0 Å². The first-order chi connectivity index (χ1) is 18.0. The second-order valence-electron chi connectivity index (χ2n) is 9.58. The Morgan fingerprint density at radius 3 is 2.39 bits per heavy atom. The molecule has 1 N–H and O–H groups in total. The Morgan fingerprint density at radius 2 is 1.84 bits per heavy atom. The average molecular weight is 539 g/mol. The largest absolute Gasteiger partial charge is 0.455 e. The number of amides is 1. The number of halogens is 1. The van der Waals surface area contributed by atoms with E-state index in [0.717, 1.165) is 23.4 Å². The van der Waals surface area contributed by atoms with Gasteiger partial charge >= 0.3 is 0 Å². The minimum Gasteiger partial charge on any atom is -0.455 e. The monoisotopic (exact) mass is 538 g/mol. The fourth-order valence-electron chi connectivity index (χ4n) is 4.69. The Bertz CT molecular complexity index is 1680. The number of carbonyl (C=O) groups is 2. The molecule has 4 aromatic rings. The standard InChI is InChI=1S/C27H27FN4O5S/c1-15-11-16(2)32(30-15)24(33)14-31(38(4,35)36)22-13-23-21(12-20(22)17-5-6-17)25(27(34)29-3)26(37-23)18-7-9-19(28)10-8-18/h7-13,17H,5-6,14H2,1-4H3,(H,29,34). The Kier molecular flexibility index (Phi) is 6.34. The third kappa shape index (κ3) is 4.69. The maximum Gasteiger partial charge on any atom is 0.267 e. The highest BCUT2D eigenvalue weighted by molar-refractivity contribution is 7.92. The molecule has 1 aliphatic rings. The lowest BCUT2D eigenvalue weighted by atomic mass is 10.0. The Balaban J connectivity index is 1.69. The maximum absolute atomic E-state index is 13.6. The van der Waals surface area contributed by atoms with Gasteiger partial charge < -0.3 is 9.73 Å². The number of aromatic nitrogens is 2. The first-order valence-corrected chi connectivity index (χ1v) is 14.0. The number of furan rings is 1. The van der Waals surface area contributed by atoms with Gasteiger partial charge in [-0.25, -0.2) is 17.5 Å². The van der Waals surface area contributed by atoms with Crippen LogP contribution < -0.4 is 9.62 Å². The lowest BCUT2D eigenvalue weighted by Gasteiger charge is -2.24. The molecule has 0 spiro atoms. The minimum absolute atomic E-state index is 0.0733. The van der Waals surface area contributed by atoms with Gasteiger partial charge in [-0.15, -0.1) is 0 Å². The van der Waals surface area contributed by atoms with E-state index in [9.17, 15) is 22.4 Å². The summed E-state index contributed by atoms with van der Waals surface area (Å²) in [5.41, 5.74) is 3.31. The minimum atomic E-state index is -3.90. The van der Waals surface area contributed by atoms with Crippen molar-refractivity contribution in [2.75, 3.05) is 24.2 Å². The second-order valence-corrected chi connectivity index (χ2v) is 11.5. The van der Waals surface area contributed by atoms with Gasteiger partial charge in [-0.2, -0.15) is 5.10 Å². The molecule has 1 saturated carbocycles. The highest BCUT2D eigenvalue weighted by Gasteiger charge is 2.34. The molecular formula is C27H27FN4O5S. The van der Waals surface area contributed by atoms with E-state index >= 15 is 0 Å². The molecule has 198 valence electrons. The van der Waals surface area contributed by atoms with Crippen LogP contribution in [0.1, 0.15) is 50.9 Å². The highest BCUT2D eigenvalue weighted by Crippen LogP contribution is 2.48. The molecule has 0 bridgehead atoms. The molecule has 1 fully saturated rings. The van der Waals surface area contributed by atoms with Crippen molar-refractivity contribution >= 4 is 38.5 Å². The molecule has 1 amide bonds. The summed E-state index contributed by atoms with van der Waals surface area (Å²) in [4.78, 5) is 26.1. The summed E-state index contributed by atoms with van der Waals surface area (Å²) in [6.07, 6.45) is 2.74. The lowest BCUT2D eigenvalue weighted by Crippen LogP contribution is -2.38. The number of hydrogen-bond acceptors (Lipinski definition) is 6. The van der Waals surface area contributed by atoms with Crippen LogP contribution in [0.15, 0.2) is 46.9 Å². The summed E-state index contributed by atoms with van der Waals surface area (Å²) in [5, 5.41) is 7.33. The van der Waals surface area contributed by atoms with Crippen LogP contribution in [0.4, 0.5) is 10.1 Å². The number of sulfonamides is 1. The third-order valence-corrected chi connectivity index (χ3v) is 7.74. The smallest absolute Gasteiger partial charge is 0.267 e. The first-order valence-electron chi connectivity index (χ1n) is 12.1. The molecule has 0 unspecified atom stereocenters. The predicted octanol–water partition coefficient (Wildman–Crippen LogP) is 4.40. The van der Waals surface area contributed by atoms with Crippen molar-refractivity contribution in [2.45, 2.75) is 32.6 Å². The first kappa shape index (κ1) is 25.7. The molecule has 1 aliphatic carbocycles. The highest BCUT2D eigenvalue weighted by atomic mass is 32.2. The van der Waals surface area contributed by atoms with Gasteiger partial charge in [0.2, 0.25) is 10.0 Å². The van der Waals surface area contributed by atoms with Crippen LogP contribution in [0.25, 0.3) is 22.3 Å². The number of anilines is 1. The molecule has 0 radical (unpaired) electrons. The summed E-state index contributed by atoms with van der Waals surface area (Å²) in [6.45, 7) is 3.02. The van der Waals surface area contributed by atoms with Gasteiger partial charge in [0, 0.05) is 29.8 Å². The maximum atomic E-state index is 13.6. The molecule has 9 nitrogen and oxygen atoms in total. The Morgan fingerprint density at radius 1 is 1.16 bits per heavy atom. The zero-order chi connectivity index (χ0) is 27.4. The molecule has 2 aromatic heterocycles. The fraction of sp³-hybridized carbons (Fsp3) is 0.296. The molecule has 38 heavy (non-hydrogen) atoms. The van der Waals surface area contributed by atoms with Crippen LogP contribution in [0.5, 0.6) is 0 Å². The van der Waals surface area contributed by atoms with Crippen molar-refractivity contribution in [1.82, 2.24) is 15.1 Å². The van der Waals surface area contributed by atoms with Crippen molar-refractivity contribution in [3.8, 4) is 11.3 Å². The van der Waals surface area contributed by atoms with Gasteiger partial charge in [-0.3, -0.25) is 13.9 Å². The molecule has 0 aliphatic heterocycles. The quantitative estimate of drug-likeness (QED) is 0.373. The van der Waals surface area contributed by atoms with Gasteiger partial charge in [-0.1, -0.05) is 0 Å². The number of aryl methyl sites for hydroxylation is 2. The van der Waals surface area contributed by atoms with E-state index in [-0.39, 0.29) is 22.8 Å². The number of nitrogens with zero attached hydrogens (tertiary/aromatic N) is 3. The van der Waals surface area contributed by atoms with E-state index in [0.29, 0.717) is 33.6 Å². The normalized spacial score (nSPS) is 13.6. The van der Waals surface area contributed by atoms with Crippen molar-refractivity contribution in [2.24, 2.45) is 0 Å². The van der Waals surface area contributed by atoms with Crippen LogP contribution in [0.2, 0.25) is 0 Å². The summed E-state index contributed by atoms with van der Waals surface area (Å²) in [5.74, 6) is -1.01. The van der Waals surface area contributed by atoms with Gasteiger partial charge in [0.1, 0.15) is 23.7 Å². The number of carbonyl (C=O) groups excluding carboxylic acids is 2. The number of rotatable bonds is 7. The van der Waals surface area contributed by atoms with Crippen molar-refractivity contribution in [3.63, 3.8) is 0 Å². The molecule has 11 heteroatoms. The molecule has 2 heterocycles. The van der Waals surface area contributed by atoms with E-state index in [1.54, 1.807) is 32.0 Å². The van der Waals surface area contributed by atoms with Gasteiger partial charge in [-0.05, 0) is 74.6 Å². The lowest BCUT2D eigenvalue weighted by molar-refractivity contribution is 0.0905. The number of fused-ring (bicyclic) bond motifs is 1. The van der Waals surface area contributed by atoms with E-state index in [1.807, 2.05) is 0 Å². The van der Waals surface area contributed by atoms with E-state index in [2.05, 4.69) is 10.4 Å². The molecular weight excluding hydrogens is 511 g/mol. The number of hydrogen-bond donors (Lipinski definition) is 1. The number of benzene rings is 2. The summed E-state index contributed by atoms with van der Waals surface area (Å²) >= 11 is 0. The third-order valence-electron chi connectivity index (χ3n) is 6.61. The van der Waals surface area contributed by atoms with Gasteiger partial charge in [0.05, 0.1) is 23.2 Å². The molecule has 0 saturated heterocycles. The Labute approximate surface area is 219 Å². The summed E-state index contributed by atoms with van der Waals surface area (Å²) < 4.78 is 48.0. The van der Waals surface area contributed by atoms with Crippen LogP contribution >= 0.6 is 0 Å². The average Bonchev–Trinajstić information content (AvgIpc) is 3.56. The van der Waals surface area contributed by atoms with Crippen molar-refractivity contribution in [3.05, 3.63) is 70.8 Å². The van der Waals surface area contributed by atoms with Crippen LogP contribution in [-0.4, -0.2) is 49.9 Å². The fourth-order valence-corrected chi connectivity index (χ4v) is 5.55. The zero-order valence-electron chi connectivity index (χ0n) is 21.4. The SMILES string of the molecule is CNC(=O)c1c(-c2ccc(F)cc2)oc2cc(N(CC(=O)n3nc(C)cc3C)S(C)(=O)=O)c(C3CC3)cc12. The molecule has 0 atom stereocenters. The van der Waals surface area contributed by atoms with E-state index in [4.69, 9.17) is 4.42 Å². The Hall–Kier alpha value is -3.99. The van der Waals surface area contributed by atoms with Crippen LogP contribution in [-0.2, 0) is 10.0 Å². The van der Waals surface area contributed by atoms with E-state index < -0.39 is 34.2 Å². The second kappa shape index (κ2) is 9.39. The summed E-state index contributed by atoms with van der Waals surface area (Å²) in [6, 6.07) is 10.6. The number of nitrogens with one attached hydrogen (secondary N) is 1. The van der Waals surface area contributed by atoms with Crippen molar-refractivity contribution in [1.29, 1.82) is 0 Å². The van der Waals surface area contributed by atoms with Crippen LogP contribution in [0, 0.1) is 19.7 Å². The van der Waals surface area contributed by atoms with E-state index in [1.165, 1.54) is 36.0 Å². The zero-order valence-corrected chi connectivity index (χ0v) is 22.2. The predicted molar refractivity (Wildman–Crippen MR) is 141 cm³/mol. The van der Waals surface area contributed by atoms with Gasteiger partial charge in [0.25, 0.3) is 11.8 Å². The van der Waals surface area contributed by atoms with Crippen molar-refractivity contribution < 1.29 is 26.8 Å².